The van der Waals surface area contributed by atoms with Crippen molar-refractivity contribution < 1.29 is 4.79 Å². The molecule has 0 radical (unpaired) electrons. The minimum atomic E-state index is -0.170. The number of urea groups is 1. The molecule has 0 atom stereocenters. The number of nitrogens with zero attached hydrogens (tertiary/aromatic N) is 1. The van der Waals surface area contributed by atoms with Gasteiger partial charge < -0.3 is 15.5 Å². The van der Waals surface area contributed by atoms with Crippen LogP contribution >= 0.6 is 11.6 Å². The zero-order chi connectivity index (χ0) is 15.8. The molecule has 0 spiro atoms. The van der Waals surface area contributed by atoms with Gasteiger partial charge in [0, 0.05) is 37.4 Å². The van der Waals surface area contributed by atoms with E-state index in [1.165, 1.54) is 0 Å². The van der Waals surface area contributed by atoms with Gasteiger partial charge >= 0.3 is 6.03 Å². The van der Waals surface area contributed by atoms with Crippen LogP contribution in [0.5, 0.6) is 0 Å². The van der Waals surface area contributed by atoms with Crippen LogP contribution in [-0.4, -0.2) is 26.2 Å². The molecule has 0 aliphatic rings. The number of para-hydroxylation sites is 1. The molecule has 2 aromatic carbocycles. The van der Waals surface area contributed by atoms with E-state index in [2.05, 4.69) is 15.5 Å². The second-order valence-electron chi connectivity index (χ2n) is 4.99. The lowest BCUT2D eigenvalue weighted by Crippen LogP contribution is -2.39. The van der Waals surface area contributed by atoms with Gasteiger partial charge in [0.15, 0.2) is 0 Å². The van der Waals surface area contributed by atoms with Gasteiger partial charge in [0.05, 0.1) is 0 Å². The number of amides is 2. The molecular formula is C17H20ClN3O. The normalized spacial score (nSPS) is 10.1. The van der Waals surface area contributed by atoms with Crippen molar-refractivity contribution in [1.82, 2.24) is 10.6 Å². The molecular weight excluding hydrogens is 298 g/mol. The summed E-state index contributed by atoms with van der Waals surface area (Å²) < 4.78 is 0. The number of hydrogen-bond acceptors (Lipinski definition) is 2. The average Bonchev–Trinajstić information content (AvgIpc) is 2.55. The Labute approximate surface area is 136 Å². The SMILES string of the molecule is CN(CCNC(=O)NCc1ccc(Cl)cc1)c1ccccc1. The van der Waals surface area contributed by atoms with Crippen LogP contribution in [0.15, 0.2) is 54.6 Å². The Morgan fingerprint density at radius 1 is 1.05 bits per heavy atom. The topological polar surface area (TPSA) is 44.4 Å². The fraction of sp³-hybridized carbons (Fsp3) is 0.235. The highest BCUT2D eigenvalue weighted by atomic mass is 35.5. The van der Waals surface area contributed by atoms with Crippen molar-refractivity contribution in [3.8, 4) is 0 Å². The van der Waals surface area contributed by atoms with E-state index in [0.717, 1.165) is 17.8 Å². The monoisotopic (exact) mass is 317 g/mol. The third-order valence-corrected chi connectivity index (χ3v) is 3.55. The van der Waals surface area contributed by atoms with E-state index in [0.29, 0.717) is 18.1 Å². The molecule has 0 saturated carbocycles. The first-order valence-corrected chi connectivity index (χ1v) is 7.55. The van der Waals surface area contributed by atoms with Gasteiger partial charge in [-0.15, -0.1) is 0 Å². The summed E-state index contributed by atoms with van der Waals surface area (Å²) in [5, 5.41) is 6.36. The van der Waals surface area contributed by atoms with Gasteiger partial charge in [0.2, 0.25) is 0 Å². The lowest BCUT2D eigenvalue weighted by molar-refractivity contribution is 0.241. The second kappa shape index (κ2) is 8.29. The highest BCUT2D eigenvalue weighted by Crippen LogP contribution is 2.10. The quantitative estimate of drug-likeness (QED) is 0.859. The Bertz CT molecular complexity index is 587. The molecule has 4 nitrogen and oxygen atoms in total. The van der Waals surface area contributed by atoms with E-state index in [9.17, 15) is 4.79 Å². The van der Waals surface area contributed by atoms with Crippen LogP contribution in [0.2, 0.25) is 5.02 Å². The predicted octanol–water partition coefficient (Wildman–Crippen LogP) is 3.28. The van der Waals surface area contributed by atoms with Crippen molar-refractivity contribution in [2.24, 2.45) is 0 Å². The first-order chi connectivity index (χ1) is 10.6. The third-order valence-electron chi connectivity index (χ3n) is 3.30. The van der Waals surface area contributed by atoms with Gasteiger partial charge in [0.25, 0.3) is 0 Å². The molecule has 2 amide bonds. The van der Waals surface area contributed by atoms with Gasteiger partial charge in [-0.05, 0) is 29.8 Å². The largest absolute Gasteiger partial charge is 0.373 e. The van der Waals surface area contributed by atoms with Crippen molar-refractivity contribution in [1.29, 1.82) is 0 Å². The lowest BCUT2D eigenvalue weighted by atomic mass is 10.2. The molecule has 2 N–H and O–H groups in total. The summed E-state index contributed by atoms with van der Waals surface area (Å²) >= 11 is 5.82. The minimum Gasteiger partial charge on any atom is -0.373 e. The predicted molar refractivity (Wildman–Crippen MR) is 91.4 cm³/mol. The number of hydrogen-bond donors (Lipinski definition) is 2. The molecule has 0 heterocycles. The molecule has 0 bridgehead atoms. The summed E-state index contributed by atoms with van der Waals surface area (Å²) in [7, 11) is 2.00. The Balaban J connectivity index is 1.66. The van der Waals surface area contributed by atoms with Gasteiger partial charge in [-0.1, -0.05) is 41.9 Å². The highest BCUT2D eigenvalue weighted by Gasteiger charge is 2.02. The van der Waals surface area contributed by atoms with E-state index < -0.39 is 0 Å². The fourth-order valence-electron chi connectivity index (χ4n) is 2.00. The fourth-order valence-corrected chi connectivity index (χ4v) is 2.12. The Morgan fingerprint density at radius 2 is 1.73 bits per heavy atom. The van der Waals surface area contributed by atoms with Crippen molar-refractivity contribution in [3.05, 3.63) is 65.2 Å². The number of likely N-dealkylation sites (N-methyl/N-ethyl adjacent to an activating group) is 1. The molecule has 0 fully saturated rings. The maximum atomic E-state index is 11.7. The van der Waals surface area contributed by atoms with Gasteiger partial charge in [-0.2, -0.15) is 0 Å². The zero-order valence-corrected chi connectivity index (χ0v) is 13.3. The summed E-state index contributed by atoms with van der Waals surface area (Å²) in [6, 6.07) is 17.3. The van der Waals surface area contributed by atoms with E-state index in [1.54, 1.807) is 0 Å². The smallest absolute Gasteiger partial charge is 0.315 e. The van der Waals surface area contributed by atoms with E-state index in [1.807, 2.05) is 61.6 Å². The molecule has 22 heavy (non-hydrogen) atoms. The first-order valence-electron chi connectivity index (χ1n) is 7.17. The third kappa shape index (κ3) is 5.30. The summed E-state index contributed by atoms with van der Waals surface area (Å²) in [5.41, 5.74) is 2.15. The molecule has 0 unspecified atom stereocenters. The van der Waals surface area contributed by atoms with Gasteiger partial charge in [-0.3, -0.25) is 0 Å². The van der Waals surface area contributed by atoms with Crippen LogP contribution < -0.4 is 15.5 Å². The summed E-state index contributed by atoms with van der Waals surface area (Å²) in [6.45, 7) is 1.81. The number of anilines is 1. The van der Waals surface area contributed by atoms with Gasteiger partial charge in [0.1, 0.15) is 0 Å². The number of rotatable bonds is 6. The number of carbonyl (C=O) groups is 1. The summed E-state index contributed by atoms with van der Waals surface area (Å²) in [4.78, 5) is 13.8. The minimum absolute atomic E-state index is 0.170. The molecule has 0 aliphatic heterocycles. The molecule has 2 aromatic rings. The number of benzene rings is 2. The van der Waals surface area contributed by atoms with Crippen molar-refractivity contribution >= 4 is 23.3 Å². The van der Waals surface area contributed by atoms with Crippen LogP contribution in [0.3, 0.4) is 0 Å². The number of nitrogens with one attached hydrogen (secondary N) is 2. The second-order valence-corrected chi connectivity index (χ2v) is 5.43. The maximum absolute atomic E-state index is 11.7. The van der Waals surface area contributed by atoms with Crippen LogP contribution in [0.1, 0.15) is 5.56 Å². The van der Waals surface area contributed by atoms with E-state index in [4.69, 9.17) is 11.6 Å². The first kappa shape index (κ1) is 16.2. The molecule has 0 saturated heterocycles. The summed E-state index contributed by atoms with van der Waals surface area (Å²) in [6.07, 6.45) is 0. The standard InChI is InChI=1S/C17H20ClN3O/c1-21(16-5-3-2-4-6-16)12-11-19-17(22)20-13-14-7-9-15(18)10-8-14/h2-10H,11-13H2,1H3,(H2,19,20,22). The number of halogens is 1. The van der Waals surface area contributed by atoms with Crippen molar-refractivity contribution in [3.63, 3.8) is 0 Å². The lowest BCUT2D eigenvalue weighted by Gasteiger charge is -2.19. The summed E-state index contributed by atoms with van der Waals surface area (Å²) in [5.74, 6) is 0. The molecule has 116 valence electrons. The van der Waals surface area contributed by atoms with Crippen molar-refractivity contribution in [2.45, 2.75) is 6.54 Å². The van der Waals surface area contributed by atoms with E-state index in [-0.39, 0.29) is 6.03 Å². The Morgan fingerprint density at radius 3 is 2.41 bits per heavy atom. The highest BCUT2D eigenvalue weighted by molar-refractivity contribution is 6.30. The molecule has 2 rings (SSSR count). The molecule has 5 heteroatoms. The Kier molecular flexibility index (Phi) is 6.10. The van der Waals surface area contributed by atoms with E-state index >= 15 is 0 Å². The van der Waals surface area contributed by atoms with Gasteiger partial charge in [-0.25, -0.2) is 4.79 Å². The van der Waals surface area contributed by atoms with Crippen LogP contribution in [0.4, 0.5) is 10.5 Å². The van der Waals surface area contributed by atoms with Crippen LogP contribution in [0.25, 0.3) is 0 Å². The van der Waals surface area contributed by atoms with Crippen molar-refractivity contribution in [2.75, 3.05) is 25.0 Å². The molecule has 0 aromatic heterocycles. The zero-order valence-electron chi connectivity index (χ0n) is 12.6. The van der Waals surface area contributed by atoms with Crippen LogP contribution in [0, 0.1) is 0 Å². The number of carbonyl (C=O) groups excluding carboxylic acids is 1. The Hall–Kier alpha value is -2.20. The van der Waals surface area contributed by atoms with Crippen LogP contribution in [-0.2, 0) is 6.54 Å². The average molecular weight is 318 g/mol. The maximum Gasteiger partial charge on any atom is 0.315 e. The molecule has 0 aliphatic carbocycles.